The number of carbonyl (C=O) groups is 2. The predicted octanol–water partition coefficient (Wildman–Crippen LogP) is 4.58. The van der Waals surface area contributed by atoms with Crippen LogP contribution in [0.15, 0.2) is 77.7 Å². The lowest BCUT2D eigenvalue weighted by Crippen LogP contribution is -2.51. The number of sulfonamides is 1. The van der Waals surface area contributed by atoms with Gasteiger partial charge in [0.2, 0.25) is 11.8 Å². The number of aryl methyl sites for hydroxylation is 1. The Balaban J connectivity index is 2.06. The van der Waals surface area contributed by atoms with Crippen LogP contribution >= 0.6 is 0 Å². The van der Waals surface area contributed by atoms with Crippen molar-refractivity contribution in [1.82, 2.24) is 10.2 Å². The van der Waals surface area contributed by atoms with Gasteiger partial charge in [0.1, 0.15) is 18.4 Å². The SMILES string of the molecule is CCCNC(=O)C(C)N(Cc1ccccc1F)C(=O)CN(c1cccc(C)c1C)S(=O)(=O)c1ccccc1. The Kier molecular flexibility index (Phi) is 9.63. The highest BCUT2D eigenvalue weighted by atomic mass is 32.2. The molecular formula is C29H34FN3O4S. The summed E-state index contributed by atoms with van der Waals surface area (Å²) in [4.78, 5) is 28.0. The Labute approximate surface area is 224 Å². The standard InChI is InChI=1S/C29H34FN3O4S/c1-5-18-31-29(35)23(4)32(19-24-13-9-10-16-26(24)30)28(34)20-33(27-17-11-12-21(2)22(27)3)38(36,37)25-14-7-6-8-15-25/h6-17,23H,5,18-20H2,1-4H3,(H,31,35). The van der Waals surface area contributed by atoms with Crippen LogP contribution in [0.3, 0.4) is 0 Å². The Hall–Kier alpha value is -3.72. The fraction of sp³-hybridized carbons (Fsp3) is 0.310. The van der Waals surface area contributed by atoms with Gasteiger partial charge in [0, 0.05) is 18.7 Å². The van der Waals surface area contributed by atoms with Crippen molar-refractivity contribution in [2.24, 2.45) is 0 Å². The molecule has 1 N–H and O–H groups in total. The average Bonchev–Trinajstić information content (AvgIpc) is 2.91. The Morgan fingerprint density at radius 3 is 2.26 bits per heavy atom. The second kappa shape index (κ2) is 12.7. The molecule has 3 rings (SSSR count). The third-order valence-corrected chi connectivity index (χ3v) is 8.24. The first kappa shape index (κ1) is 28.8. The second-order valence-electron chi connectivity index (χ2n) is 9.12. The molecule has 0 aromatic heterocycles. The summed E-state index contributed by atoms with van der Waals surface area (Å²) in [5, 5.41) is 2.77. The van der Waals surface area contributed by atoms with Crippen molar-refractivity contribution in [3.05, 3.63) is 95.3 Å². The molecule has 0 aliphatic carbocycles. The van der Waals surface area contributed by atoms with Gasteiger partial charge in [-0.2, -0.15) is 0 Å². The molecule has 1 atom stereocenters. The zero-order valence-electron chi connectivity index (χ0n) is 22.1. The van der Waals surface area contributed by atoms with E-state index >= 15 is 0 Å². The largest absolute Gasteiger partial charge is 0.354 e. The van der Waals surface area contributed by atoms with Crippen LogP contribution in [0.25, 0.3) is 0 Å². The van der Waals surface area contributed by atoms with Crippen molar-refractivity contribution in [3.8, 4) is 0 Å². The molecule has 3 aromatic carbocycles. The van der Waals surface area contributed by atoms with Crippen molar-refractivity contribution >= 4 is 27.5 Å². The lowest BCUT2D eigenvalue weighted by molar-refractivity contribution is -0.139. The van der Waals surface area contributed by atoms with Crippen molar-refractivity contribution in [2.45, 2.75) is 51.6 Å². The molecule has 7 nitrogen and oxygen atoms in total. The molecule has 0 aliphatic heterocycles. The van der Waals surface area contributed by atoms with E-state index in [-0.39, 0.29) is 17.0 Å². The smallest absolute Gasteiger partial charge is 0.264 e. The van der Waals surface area contributed by atoms with Crippen molar-refractivity contribution in [3.63, 3.8) is 0 Å². The van der Waals surface area contributed by atoms with E-state index in [0.29, 0.717) is 24.2 Å². The number of hydrogen-bond acceptors (Lipinski definition) is 4. The van der Waals surface area contributed by atoms with Crippen molar-refractivity contribution < 1.29 is 22.4 Å². The summed E-state index contributed by atoms with van der Waals surface area (Å²) in [7, 11) is -4.15. The minimum absolute atomic E-state index is 0.0306. The average molecular weight is 540 g/mol. The van der Waals surface area contributed by atoms with Gasteiger partial charge in [-0.15, -0.1) is 0 Å². The van der Waals surface area contributed by atoms with E-state index in [2.05, 4.69) is 5.32 Å². The first-order chi connectivity index (χ1) is 18.1. The number of nitrogens with one attached hydrogen (secondary N) is 1. The van der Waals surface area contributed by atoms with Crippen LogP contribution in [-0.4, -0.2) is 44.3 Å². The first-order valence-electron chi connectivity index (χ1n) is 12.5. The summed E-state index contributed by atoms with van der Waals surface area (Å²) >= 11 is 0. The summed E-state index contributed by atoms with van der Waals surface area (Å²) in [5.74, 6) is -1.55. The molecule has 3 aromatic rings. The molecule has 1 unspecified atom stereocenters. The van der Waals surface area contributed by atoms with Crippen LogP contribution in [0, 0.1) is 19.7 Å². The topological polar surface area (TPSA) is 86.8 Å². The minimum atomic E-state index is -4.15. The fourth-order valence-electron chi connectivity index (χ4n) is 4.03. The van der Waals surface area contributed by atoms with Crippen molar-refractivity contribution in [2.75, 3.05) is 17.4 Å². The summed E-state index contributed by atoms with van der Waals surface area (Å²) in [6, 6.07) is 18.1. The molecular weight excluding hydrogens is 505 g/mol. The van der Waals surface area contributed by atoms with E-state index in [1.54, 1.807) is 50.2 Å². The maximum atomic E-state index is 14.6. The molecule has 2 amide bonds. The van der Waals surface area contributed by atoms with Crippen LogP contribution < -0.4 is 9.62 Å². The van der Waals surface area contributed by atoms with Gasteiger partial charge in [0.05, 0.1) is 10.6 Å². The number of benzene rings is 3. The molecule has 0 spiro atoms. The zero-order chi connectivity index (χ0) is 27.9. The molecule has 0 saturated heterocycles. The highest BCUT2D eigenvalue weighted by Crippen LogP contribution is 2.29. The Morgan fingerprint density at radius 1 is 0.947 bits per heavy atom. The van der Waals surface area contributed by atoms with Crippen LogP contribution in [-0.2, 0) is 26.2 Å². The molecule has 0 radical (unpaired) electrons. The molecule has 0 heterocycles. The van der Waals surface area contributed by atoms with E-state index in [1.807, 2.05) is 19.9 Å². The van der Waals surface area contributed by atoms with E-state index in [9.17, 15) is 22.4 Å². The quantitative estimate of drug-likeness (QED) is 0.387. The fourth-order valence-corrected chi connectivity index (χ4v) is 5.52. The van der Waals surface area contributed by atoms with Gasteiger partial charge >= 0.3 is 0 Å². The number of anilines is 1. The van der Waals surface area contributed by atoms with E-state index < -0.39 is 40.2 Å². The first-order valence-corrected chi connectivity index (χ1v) is 14.0. The van der Waals surface area contributed by atoms with E-state index in [0.717, 1.165) is 9.87 Å². The van der Waals surface area contributed by atoms with Crippen LogP contribution in [0.2, 0.25) is 0 Å². The number of rotatable bonds is 11. The third-order valence-electron chi connectivity index (χ3n) is 6.47. The summed E-state index contributed by atoms with van der Waals surface area (Å²) < 4.78 is 43.3. The van der Waals surface area contributed by atoms with E-state index in [1.165, 1.54) is 35.2 Å². The van der Waals surface area contributed by atoms with Gasteiger partial charge in [0.25, 0.3) is 10.0 Å². The van der Waals surface area contributed by atoms with Gasteiger partial charge in [-0.1, -0.05) is 55.5 Å². The van der Waals surface area contributed by atoms with Gasteiger partial charge < -0.3 is 10.2 Å². The predicted molar refractivity (Wildman–Crippen MR) is 147 cm³/mol. The third kappa shape index (κ3) is 6.58. The molecule has 0 fully saturated rings. The molecule has 202 valence electrons. The van der Waals surface area contributed by atoms with Gasteiger partial charge in [-0.05, 0) is 62.6 Å². The normalized spacial score (nSPS) is 12.0. The van der Waals surface area contributed by atoms with Crippen LogP contribution in [0.5, 0.6) is 0 Å². The summed E-state index contributed by atoms with van der Waals surface area (Å²) in [6.07, 6.45) is 0.704. The summed E-state index contributed by atoms with van der Waals surface area (Å²) in [5.41, 5.74) is 2.14. The van der Waals surface area contributed by atoms with Gasteiger partial charge in [-0.3, -0.25) is 13.9 Å². The Morgan fingerprint density at radius 2 is 1.61 bits per heavy atom. The number of halogens is 1. The van der Waals surface area contributed by atoms with Crippen LogP contribution in [0.4, 0.5) is 10.1 Å². The molecule has 0 aliphatic rings. The highest BCUT2D eigenvalue weighted by Gasteiger charge is 2.33. The number of hydrogen-bond donors (Lipinski definition) is 1. The molecule has 0 bridgehead atoms. The van der Waals surface area contributed by atoms with Gasteiger partial charge in [-0.25, -0.2) is 12.8 Å². The van der Waals surface area contributed by atoms with Crippen molar-refractivity contribution in [1.29, 1.82) is 0 Å². The molecule has 9 heteroatoms. The minimum Gasteiger partial charge on any atom is -0.354 e. The Bertz CT molecular complexity index is 1380. The lowest BCUT2D eigenvalue weighted by Gasteiger charge is -2.32. The summed E-state index contributed by atoms with van der Waals surface area (Å²) in [6.45, 7) is 6.77. The highest BCUT2D eigenvalue weighted by molar-refractivity contribution is 7.92. The zero-order valence-corrected chi connectivity index (χ0v) is 23.0. The van der Waals surface area contributed by atoms with Gasteiger partial charge in [0.15, 0.2) is 0 Å². The molecule has 38 heavy (non-hydrogen) atoms. The second-order valence-corrected chi connectivity index (χ2v) is 11.0. The molecule has 0 saturated carbocycles. The maximum absolute atomic E-state index is 14.6. The number of carbonyl (C=O) groups excluding carboxylic acids is 2. The van der Waals surface area contributed by atoms with E-state index in [4.69, 9.17) is 0 Å². The maximum Gasteiger partial charge on any atom is 0.264 e. The number of nitrogens with zero attached hydrogens (tertiary/aromatic N) is 2. The van der Waals surface area contributed by atoms with Crippen LogP contribution in [0.1, 0.15) is 37.0 Å². The monoisotopic (exact) mass is 539 g/mol. The lowest BCUT2D eigenvalue weighted by atomic mass is 10.1. The number of amides is 2.